The van der Waals surface area contributed by atoms with Gasteiger partial charge in [-0.2, -0.15) is 0 Å². The summed E-state index contributed by atoms with van der Waals surface area (Å²) in [6.07, 6.45) is 6.74. The first-order valence-corrected chi connectivity index (χ1v) is 16.3. The third kappa shape index (κ3) is 3.71. The van der Waals surface area contributed by atoms with Crippen molar-refractivity contribution >= 4 is 91.0 Å². The molecule has 2 aliphatic heterocycles. The zero-order valence-corrected chi connectivity index (χ0v) is 25.6. The SMILES string of the molecule is c1ccc2c(c1)Sc1ccccc1N2c1nc2c3nccnc3c3nccnc3c2nc1N1c2ccccc2Sc2ccccc21. The van der Waals surface area contributed by atoms with Gasteiger partial charge in [-0.05, 0) is 48.5 Å². The highest BCUT2D eigenvalue weighted by atomic mass is 32.2. The molecule has 46 heavy (non-hydrogen) atoms. The maximum atomic E-state index is 5.53. The highest BCUT2D eigenvalue weighted by Gasteiger charge is 2.34. The third-order valence-electron chi connectivity index (χ3n) is 8.22. The van der Waals surface area contributed by atoms with Crippen molar-refractivity contribution in [3.05, 3.63) is 122 Å². The molecule has 3 aromatic heterocycles. The van der Waals surface area contributed by atoms with Gasteiger partial charge < -0.3 is 0 Å². The molecule has 0 atom stereocenters. The van der Waals surface area contributed by atoms with E-state index in [0.29, 0.717) is 44.7 Å². The van der Waals surface area contributed by atoms with E-state index < -0.39 is 0 Å². The summed E-state index contributed by atoms with van der Waals surface area (Å²) in [5.41, 5.74) is 7.93. The predicted octanol–water partition coefficient (Wildman–Crippen LogP) is 9.38. The van der Waals surface area contributed by atoms with Gasteiger partial charge in [0, 0.05) is 44.4 Å². The van der Waals surface area contributed by atoms with Gasteiger partial charge in [-0.3, -0.25) is 29.7 Å². The Morgan fingerprint density at radius 2 is 0.630 bits per heavy atom. The van der Waals surface area contributed by atoms with Crippen molar-refractivity contribution in [3.8, 4) is 0 Å². The molecule has 0 saturated carbocycles. The molecule has 0 amide bonds. The molecule has 0 unspecified atom stereocenters. The van der Waals surface area contributed by atoms with Gasteiger partial charge in [0.25, 0.3) is 0 Å². The summed E-state index contributed by atoms with van der Waals surface area (Å²) in [6.45, 7) is 0. The van der Waals surface area contributed by atoms with Crippen LogP contribution in [0.25, 0.3) is 33.1 Å². The van der Waals surface area contributed by atoms with E-state index in [1.807, 2.05) is 0 Å². The minimum absolute atomic E-state index is 0.621. The Bertz CT molecular complexity index is 2270. The third-order valence-corrected chi connectivity index (χ3v) is 10.5. The summed E-state index contributed by atoms with van der Waals surface area (Å²) in [4.78, 5) is 39.0. The fourth-order valence-corrected chi connectivity index (χ4v) is 8.40. The van der Waals surface area contributed by atoms with E-state index in [9.17, 15) is 0 Å². The predicted molar refractivity (Wildman–Crippen MR) is 183 cm³/mol. The quantitative estimate of drug-likeness (QED) is 0.173. The number of nitrogens with zero attached hydrogens (tertiary/aromatic N) is 8. The van der Waals surface area contributed by atoms with Crippen LogP contribution in [0.2, 0.25) is 0 Å². The number of para-hydroxylation sites is 4. The standard InChI is InChI=1S/C36H20N8S2/c1-5-13-25-21(9-1)43(22-10-2-6-14-26(22)45-25)35-36(44-23-11-3-7-15-27(23)46-28-16-8-4-12-24(28)44)42-34-32-30(38-18-20-40-32)29-31(33(34)41-35)39-19-17-37-29/h1-20H. The van der Waals surface area contributed by atoms with Gasteiger partial charge in [0.15, 0.2) is 11.6 Å². The van der Waals surface area contributed by atoms with Crippen molar-refractivity contribution < 1.29 is 0 Å². The average molecular weight is 629 g/mol. The summed E-state index contributed by atoms with van der Waals surface area (Å²) in [6, 6.07) is 33.8. The molecule has 8 nitrogen and oxygen atoms in total. The first-order valence-electron chi connectivity index (χ1n) is 14.7. The summed E-state index contributed by atoms with van der Waals surface area (Å²) in [7, 11) is 0. The number of fused-ring (bicyclic) bond motifs is 10. The molecule has 0 aliphatic carbocycles. The lowest BCUT2D eigenvalue weighted by molar-refractivity contribution is 1.06. The van der Waals surface area contributed by atoms with Crippen LogP contribution in [0, 0.1) is 0 Å². The Morgan fingerprint density at radius 3 is 0.957 bits per heavy atom. The fraction of sp³-hybridized carbons (Fsp3) is 0. The van der Waals surface area contributed by atoms with Gasteiger partial charge in [-0.1, -0.05) is 72.1 Å². The second-order valence-electron chi connectivity index (χ2n) is 10.8. The Hall–Kier alpha value is -5.58. The molecule has 0 spiro atoms. The van der Waals surface area contributed by atoms with E-state index in [1.54, 1.807) is 48.3 Å². The molecule has 10 heteroatoms. The molecule has 216 valence electrons. The molecule has 0 bridgehead atoms. The lowest BCUT2D eigenvalue weighted by Gasteiger charge is -2.37. The Morgan fingerprint density at radius 1 is 0.348 bits per heavy atom. The minimum Gasteiger partial charge on any atom is -0.290 e. The first kappa shape index (κ1) is 25.7. The number of benzene rings is 5. The molecule has 0 N–H and O–H groups in total. The Balaban J connectivity index is 1.39. The van der Waals surface area contributed by atoms with Crippen LogP contribution in [0.4, 0.5) is 34.4 Å². The van der Waals surface area contributed by atoms with E-state index in [1.165, 1.54) is 0 Å². The number of aromatic nitrogens is 6. The summed E-state index contributed by atoms with van der Waals surface area (Å²) in [5.74, 6) is 1.36. The Labute approximate surface area is 271 Å². The molecule has 10 rings (SSSR count). The van der Waals surface area contributed by atoms with E-state index in [-0.39, 0.29) is 0 Å². The number of hydrogen-bond donors (Lipinski definition) is 0. The summed E-state index contributed by atoms with van der Waals surface area (Å²) < 4.78 is 0. The van der Waals surface area contributed by atoms with Crippen LogP contribution < -0.4 is 9.80 Å². The molecule has 0 fully saturated rings. The van der Waals surface area contributed by atoms with Crippen LogP contribution in [0.15, 0.2) is 141 Å². The lowest BCUT2D eigenvalue weighted by Crippen LogP contribution is -2.23. The van der Waals surface area contributed by atoms with E-state index in [0.717, 1.165) is 42.3 Å². The van der Waals surface area contributed by atoms with Crippen molar-refractivity contribution in [2.24, 2.45) is 0 Å². The van der Waals surface area contributed by atoms with Crippen molar-refractivity contribution in [3.63, 3.8) is 0 Å². The first-order chi connectivity index (χ1) is 22.8. The van der Waals surface area contributed by atoms with Crippen LogP contribution >= 0.6 is 23.5 Å². The Kier molecular flexibility index (Phi) is 5.57. The molecule has 5 heterocycles. The monoisotopic (exact) mass is 628 g/mol. The van der Waals surface area contributed by atoms with Crippen LogP contribution in [0.5, 0.6) is 0 Å². The van der Waals surface area contributed by atoms with Crippen LogP contribution in [0.3, 0.4) is 0 Å². The second-order valence-corrected chi connectivity index (χ2v) is 13.0. The number of hydrogen-bond acceptors (Lipinski definition) is 10. The molecule has 8 aromatic rings. The van der Waals surface area contributed by atoms with E-state index in [2.05, 4.69) is 117 Å². The minimum atomic E-state index is 0.621. The topological polar surface area (TPSA) is 83.8 Å². The fourth-order valence-electron chi connectivity index (χ4n) is 6.28. The smallest absolute Gasteiger partial charge is 0.182 e. The van der Waals surface area contributed by atoms with Gasteiger partial charge in [0.2, 0.25) is 0 Å². The normalized spacial score (nSPS) is 13.4. The largest absolute Gasteiger partial charge is 0.290 e. The van der Waals surface area contributed by atoms with Crippen molar-refractivity contribution in [2.45, 2.75) is 19.6 Å². The number of rotatable bonds is 2. The zero-order valence-electron chi connectivity index (χ0n) is 23.9. The average Bonchev–Trinajstić information content (AvgIpc) is 3.12. The summed E-state index contributed by atoms with van der Waals surface area (Å²) >= 11 is 3.52. The molecular weight excluding hydrogens is 609 g/mol. The van der Waals surface area contributed by atoms with Crippen LogP contribution in [-0.4, -0.2) is 29.9 Å². The van der Waals surface area contributed by atoms with E-state index >= 15 is 0 Å². The highest BCUT2D eigenvalue weighted by Crippen LogP contribution is 2.56. The van der Waals surface area contributed by atoms with Gasteiger partial charge in [0.05, 0.1) is 22.7 Å². The molecule has 5 aromatic carbocycles. The van der Waals surface area contributed by atoms with Crippen LogP contribution in [0.1, 0.15) is 0 Å². The second kappa shape index (κ2) is 9.96. The summed E-state index contributed by atoms with van der Waals surface area (Å²) in [5, 5.41) is 0. The highest BCUT2D eigenvalue weighted by molar-refractivity contribution is 8.00. The van der Waals surface area contributed by atoms with Crippen molar-refractivity contribution in [1.29, 1.82) is 0 Å². The van der Waals surface area contributed by atoms with Crippen molar-refractivity contribution in [1.82, 2.24) is 29.9 Å². The maximum absolute atomic E-state index is 5.53. The molecular formula is C36H20N8S2. The molecule has 2 aliphatic rings. The zero-order chi connectivity index (χ0) is 30.2. The van der Waals surface area contributed by atoms with Gasteiger partial charge in [-0.25, -0.2) is 9.97 Å². The maximum Gasteiger partial charge on any atom is 0.182 e. The number of anilines is 6. The van der Waals surface area contributed by atoms with Gasteiger partial charge >= 0.3 is 0 Å². The van der Waals surface area contributed by atoms with E-state index in [4.69, 9.17) is 19.9 Å². The van der Waals surface area contributed by atoms with Gasteiger partial charge in [-0.15, -0.1) is 0 Å². The van der Waals surface area contributed by atoms with Gasteiger partial charge in [0.1, 0.15) is 33.1 Å². The lowest BCUT2D eigenvalue weighted by atomic mass is 10.1. The van der Waals surface area contributed by atoms with Crippen LogP contribution in [-0.2, 0) is 0 Å². The molecule has 0 saturated heterocycles. The van der Waals surface area contributed by atoms with Crippen molar-refractivity contribution in [2.75, 3.05) is 9.80 Å². The molecule has 0 radical (unpaired) electrons.